The number of nitrogens with zero attached hydrogens (tertiary/aromatic N) is 1. The van der Waals surface area contributed by atoms with Crippen LogP contribution in [-0.2, 0) is 6.42 Å². The van der Waals surface area contributed by atoms with Gasteiger partial charge in [-0.25, -0.2) is 0 Å². The van der Waals surface area contributed by atoms with Gasteiger partial charge in [-0.15, -0.1) is 0 Å². The van der Waals surface area contributed by atoms with Crippen molar-refractivity contribution in [3.8, 4) is 0 Å². The van der Waals surface area contributed by atoms with E-state index in [1.54, 1.807) is 0 Å². The van der Waals surface area contributed by atoms with Crippen molar-refractivity contribution in [3.05, 3.63) is 35.4 Å². The maximum absolute atomic E-state index is 6.10. The highest BCUT2D eigenvalue weighted by Crippen LogP contribution is 2.21. The van der Waals surface area contributed by atoms with E-state index >= 15 is 0 Å². The summed E-state index contributed by atoms with van der Waals surface area (Å²) in [6.45, 7) is 11.9. The zero-order valence-corrected chi connectivity index (χ0v) is 13.1. The Bertz CT molecular complexity index is 352. The van der Waals surface area contributed by atoms with Crippen molar-refractivity contribution in [1.82, 2.24) is 4.90 Å². The van der Waals surface area contributed by atoms with E-state index in [0.29, 0.717) is 6.54 Å². The fourth-order valence-electron chi connectivity index (χ4n) is 2.65. The van der Waals surface area contributed by atoms with E-state index in [9.17, 15) is 0 Å². The molecule has 0 radical (unpaired) electrons. The Morgan fingerprint density at radius 3 is 2.00 bits per heavy atom. The largest absolute Gasteiger partial charge is 0.329 e. The molecular weight excluding hydrogens is 232 g/mol. The SMILES string of the molecule is CCCN(CCC)C(C)(CN)Cc1ccc(C)cc1. The molecule has 0 saturated carbocycles. The molecule has 2 nitrogen and oxygen atoms in total. The first kappa shape index (κ1) is 16.2. The molecule has 0 aliphatic carbocycles. The van der Waals surface area contributed by atoms with Crippen LogP contribution < -0.4 is 5.73 Å². The molecule has 0 aliphatic heterocycles. The number of nitrogens with two attached hydrogens (primary N) is 1. The smallest absolute Gasteiger partial charge is 0.0343 e. The predicted molar refractivity (Wildman–Crippen MR) is 84.5 cm³/mol. The van der Waals surface area contributed by atoms with Gasteiger partial charge in [0.15, 0.2) is 0 Å². The molecule has 1 atom stereocenters. The maximum atomic E-state index is 6.10. The van der Waals surface area contributed by atoms with Gasteiger partial charge in [-0.2, -0.15) is 0 Å². The van der Waals surface area contributed by atoms with Crippen molar-refractivity contribution < 1.29 is 0 Å². The quantitative estimate of drug-likeness (QED) is 0.778. The lowest BCUT2D eigenvalue weighted by atomic mass is 9.90. The molecule has 0 heterocycles. The molecule has 1 aromatic carbocycles. The summed E-state index contributed by atoms with van der Waals surface area (Å²) in [5, 5.41) is 0. The topological polar surface area (TPSA) is 29.3 Å². The molecule has 0 aromatic heterocycles. The fourth-order valence-corrected chi connectivity index (χ4v) is 2.65. The normalized spacial score (nSPS) is 14.6. The van der Waals surface area contributed by atoms with Crippen molar-refractivity contribution >= 4 is 0 Å². The zero-order chi connectivity index (χ0) is 14.3. The minimum absolute atomic E-state index is 0.0707. The van der Waals surface area contributed by atoms with Crippen LogP contribution in [0.3, 0.4) is 0 Å². The highest BCUT2D eigenvalue weighted by molar-refractivity contribution is 5.23. The molecule has 0 saturated heterocycles. The number of aryl methyl sites for hydroxylation is 1. The summed E-state index contributed by atoms with van der Waals surface area (Å²) >= 11 is 0. The molecule has 0 bridgehead atoms. The zero-order valence-electron chi connectivity index (χ0n) is 13.1. The lowest BCUT2D eigenvalue weighted by Crippen LogP contribution is -2.53. The number of hydrogen-bond acceptors (Lipinski definition) is 2. The van der Waals surface area contributed by atoms with Gasteiger partial charge in [-0.1, -0.05) is 43.7 Å². The van der Waals surface area contributed by atoms with Gasteiger partial charge in [0.2, 0.25) is 0 Å². The molecule has 0 fully saturated rings. The third kappa shape index (κ3) is 4.63. The summed E-state index contributed by atoms with van der Waals surface area (Å²) in [4.78, 5) is 2.56. The summed E-state index contributed by atoms with van der Waals surface area (Å²) in [6.07, 6.45) is 3.40. The van der Waals surface area contributed by atoms with Crippen LogP contribution in [-0.4, -0.2) is 30.1 Å². The van der Waals surface area contributed by atoms with Crippen molar-refractivity contribution in [2.45, 2.75) is 52.5 Å². The third-order valence-electron chi connectivity index (χ3n) is 3.90. The Kier molecular flexibility index (Phi) is 6.53. The molecule has 1 rings (SSSR count). The van der Waals surface area contributed by atoms with Crippen LogP contribution in [0, 0.1) is 6.92 Å². The van der Waals surface area contributed by atoms with Crippen molar-refractivity contribution in [2.75, 3.05) is 19.6 Å². The summed E-state index contributed by atoms with van der Waals surface area (Å²) < 4.78 is 0. The first-order valence-corrected chi connectivity index (χ1v) is 7.56. The number of hydrogen-bond donors (Lipinski definition) is 1. The summed E-state index contributed by atoms with van der Waals surface area (Å²) in [5.41, 5.74) is 8.88. The average Bonchev–Trinajstić information content (AvgIpc) is 2.41. The Morgan fingerprint density at radius 2 is 1.58 bits per heavy atom. The van der Waals surface area contributed by atoms with Gasteiger partial charge in [-0.3, -0.25) is 4.90 Å². The monoisotopic (exact) mass is 262 g/mol. The fraction of sp³-hybridized carbons (Fsp3) is 0.647. The Morgan fingerprint density at radius 1 is 1.05 bits per heavy atom. The van der Waals surface area contributed by atoms with Crippen LogP contribution in [0.15, 0.2) is 24.3 Å². The van der Waals surface area contributed by atoms with Crippen molar-refractivity contribution in [1.29, 1.82) is 0 Å². The van der Waals surface area contributed by atoms with Crippen LogP contribution in [0.4, 0.5) is 0 Å². The molecule has 108 valence electrons. The molecule has 2 N–H and O–H groups in total. The van der Waals surface area contributed by atoms with E-state index in [4.69, 9.17) is 5.73 Å². The first-order valence-electron chi connectivity index (χ1n) is 7.56. The third-order valence-corrected chi connectivity index (χ3v) is 3.90. The Hall–Kier alpha value is -0.860. The van der Waals surface area contributed by atoms with Crippen molar-refractivity contribution in [3.63, 3.8) is 0 Å². The van der Waals surface area contributed by atoms with E-state index in [2.05, 4.69) is 56.9 Å². The highest BCUT2D eigenvalue weighted by Gasteiger charge is 2.29. The summed E-state index contributed by atoms with van der Waals surface area (Å²) in [7, 11) is 0. The van der Waals surface area contributed by atoms with E-state index in [0.717, 1.165) is 19.5 Å². The van der Waals surface area contributed by atoms with Crippen LogP contribution in [0.5, 0.6) is 0 Å². The minimum Gasteiger partial charge on any atom is -0.329 e. The van der Waals surface area contributed by atoms with E-state index in [1.165, 1.54) is 24.0 Å². The van der Waals surface area contributed by atoms with Gasteiger partial charge < -0.3 is 5.73 Å². The summed E-state index contributed by atoms with van der Waals surface area (Å²) in [6, 6.07) is 8.85. The second-order valence-corrected chi connectivity index (χ2v) is 5.85. The molecule has 0 aliphatic rings. The van der Waals surface area contributed by atoms with E-state index in [1.807, 2.05) is 0 Å². The molecule has 1 aromatic rings. The van der Waals surface area contributed by atoms with Gasteiger partial charge in [0.05, 0.1) is 0 Å². The molecule has 0 amide bonds. The Labute approximate surface area is 119 Å². The van der Waals surface area contributed by atoms with Gasteiger partial charge in [-0.05, 0) is 51.8 Å². The maximum Gasteiger partial charge on any atom is 0.0343 e. The predicted octanol–water partition coefficient (Wildman–Crippen LogP) is 3.38. The van der Waals surface area contributed by atoms with E-state index < -0.39 is 0 Å². The number of benzene rings is 1. The van der Waals surface area contributed by atoms with Crippen LogP contribution in [0.25, 0.3) is 0 Å². The van der Waals surface area contributed by atoms with Crippen LogP contribution in [0.1, 0.15) is 44.7 Å². The lowest BCUT2D eigenvalue weighted by molar-refractivity contribution is 0.110. The highest BCUT2D eigenvalue weighted by atomic mass is 15.2. The molecular formula is C17H30N2. The standard InChI is InChI=1S/C17H30N2/c1-5-11-19(12-6-2)17(4,14-18)13-16-9-7-15(3)8-10-16/h7-10H,5-6,11-14,18H2,1-4H3. The van der Waals surface area contributed by atoms with E-state index in [-0.39, 0.29) is 5.54 Å². The average molecular weight is 262 g/mol. The van der Waals surface area contributed by atoms with Gasteiger partial charge >= 0.3 is 0 Å². The second-order valence-electron chi connectivity index (χ2n) is 5.85. The second kappa shape index (κ2) is 7.66. The Balaban J connectivity index is 2.84. The lowest BCUT2D eigenvalue weighted by Gasteiger charge is -2.41. The molecule has 19 heavy (non-hydrogen) atoms. The summed E-state index contributed by atoms with van der Waals surface area (Å²) in [5.74, 6) is 0. The molecule has 0 spiro atoms. The number of rotatable bonds is 8. The van der Waals surface area contributed by atoms with Crippen LogP contribution in [0.2, 0.25) is 0 Å². The van der Waals surface area contributed by atoms with Crippen molar-refractivity contribution in [2.24, 2.45) is 5.73 Å². The van der Waals surface area contributed by atoms with Gasteiger partial charge in [0, 0.05) is 12.1 Å². The minimum atomic E-state index is 0.0707. The first-order chi connectivity index (χ1) is 9.05. The van der Waals surface area contributed by atoms with Gasteiger partial charge in [0.1, 0.15) is 0 Å². The van der Waals surface area contributed by atoms with Gasteiger partial charge in [0.25, 0.3) is 0 Å². The van der Waals surface area contributed by atoms with Crippen LogP contribution >= 0.6 is 0 Å². The molecule has 2 heteroatoms. The molecule has 1 unspecified atom stereocenters.